The Bertz CT molecular complexity index is 636. The fourth-order valence-electron chi connectivity index (χ4n) is 3.33. The van der Waals surface area contributed by atoms with Gasteiger partial charge in [-0.25, -0.2) is 0 Å². The summed E-state index contributed by atoms with van der Waals surface area (Å²) in [5.41, 5.74) is 2.79. The van der Waals surface area contributed by atoms with Gasteiger partial charge in [-0.2, -0.15) is 0 Å². The monoisotopic (exact) mass is 387 g/mol. The Kier molecular flexibility index (Phi) is 9.28. The molecule has 1 aliphatic heterocycles. The number of hydrogen-bond acceptors (Lipinski definition) is 3. The van der Waals surface area contributed by atoms with E-state index in [1.807, 2.05) is 13.8 Å². The predicted molar refractivity (Wildman–Crippen MR) is 116 cm³/mol. The number of amides is 1. The van der Waals surface area contributed by atoms with Gasteiger partial charge in [0, 0.05) is 44.7 Å². The molecule has 1 fully saturated rings. The van der Waals surface area contributed by atoms with Gasteiger partial charge in [0.2, 0.25) is 5.91 Å². The molecule has 1 amide bonds. The van der Waals surface area contributed by atoms with Crippen molar-refractivity contribution in [2.45, 2.75) is 53.1 Å². The average molecular weight is 388 g/mol. The van der Waals surface area contributed by atoms with Crippen LogP contribution in [0.25, 0.3) is 0 Å². The van der Waals surface area contributed by atoms with Crippen molar-refractivity contribution < 1.29 is 4.79 Å². The summed E-state index contributed by atoms with van der Waals surface area (Å²) in [6.45, 7) is 13.3. The molecule has 6 nitrogen and oxygen atoms in total. The molecule has 0 aliphatic carbocycles. The van der Waals surface area contributed by atoms with Crippen LogP contribution in [-0.2, 0) is 11.3 Å². The number of aliphatic imine (C=N–C) groups is 1. The Morgan fingerprint density at radius 2 is 1.93 bits per heavy atom. The highest BCUT2D eigenvalue weighted by Gasteiger charge is 2.20. The molecule has 2 rings (SSSR count). The Morgan fingerprint density at radius 1 is 1.21 bits per heavy atom. The van der Waals surface area contributed by atoms with Crippen molar-refractivity contribution in [1.82, 2.24) is 20.9 Å². The van der Waals surface area contributed by atoms with Gasteiger partial charge in [-0.1, -0.05) is 38.1 Å². The zero-order valence-electron chi connectivity index (χ0n) is 17.9. The minimum atomic E-state index is 0.0141. The van der Waals surface area contributed by atoms with Crippen LogP contribution in [0.15, 0.2) is 29.3 Å². The van der Waals surface area contributed by atoms with Gasteiger partial charge in [0.25, 0.3) is 0 Å². The van der Waals surface area contributed by atoms with E-state index in [0.29, 0.717) is 19.1 Å². The average Bonchev–Trinajstić information content (AvgIpc) is 2.68. The number of guanidine groups is 1. The molecule has 156 valence electrons. The molecular weight excluding hydrogens is 350 g/mol. The molecule has 0 unspecified atom stereocenters. The van der Waals surface area contributed by atoms with Crippen LogP contribution in [0.1, 0.15) is 44.7 Å². The summed E-state index contributed by atoms with van der Waals surface area (Å²) in [4.78, 5) is 18.8. The highest BCUT2D eigenvalue weighted by atomic mass is 16.1. The Labute approximate surface area is 170 Å². The van der Waals surface area contributed by atoms with Crippen molar-refractivity contribution >= 4 is 11.9 Å². The molecule has 0 aromatic heterocycles. The standard InChI is InChI=1S/C22H37N5O/c1-5-23-22(25-13-12-24-21(28)17(2)3)26-20-10-14-27(15-11-20)16-19-9-7-6-8-18(19)4/h6-9,17,20H,5,10-16H2,1-4H3,(H,24,28)(H2,23,25,26). The normalized spacial score (nSPS) is 16.2. The van der Waals surface area contributed by atoms with Crippen LogP contribution in [0, 0.1) is 12.8 Å². The van der Waals surface area contributed by atoms with E-state index in [0.717, 1.165) is 45.0 Å². The highest BCUT2D eigenvalue weighted by Crippen LogP contribution is 2.16. The zero-order valence-corrected chi connectivity index (χ0v) is 17.9. The molecule has 1 saturated heterocycles. The van der Waals surface area contributed by atoms with Gasteiger partial charge in [0.1, 0.15) is 0 Å². The third-order valence-corrected chi connectivity index (χ3v) is 5.13. The smallest absolute Gasteiger partial charge is 0.222 e. The Balaban J connectivity index is 1.76. The number of aryl methyl sites for hydroxylation is 1. The van der Waals surface area contributed by atoms with Gasteiger partial charge >= 0.3 is 0 Å². The molecule has 0 bridgehead atoms. The number of hydrogen-bond donors (Lipinski definition) is 3. The number of carbonyl (C=O) groups excluding carboxylic acids is 1. The lowest BCUT2D eigenvalue weighted by Crippen LogP contribution is -2.48. The van der Waals surface area contributed by atoms with Crippen LogP contribution in [0.5, 0.6) is 0 Å². The molecule has 3 N–H and O–H groups in total. The largest absolute Gasteiger partial charge is 0.357 e. The van der Waals surface area contributed by atoms with Gasteiger partial charge in [-0.15, -0.1) is 0 Å². The third-order valence-electron chi connectivity index (χ3n) is 5.13. The van der Waals surface area contributed by atoms with E-state index >= 15 is 0 Å². The Hall–Kier alpha value is -2.08. The second-order valence-corrected chi connectivity index (χ2v) is 7.83. The topological polar surface area (TPSA) is 68.8 Å². The first-order valence-electron chi connectivity index (χ1n) is 10.6. The molecule has 0 atom stereocenters. The van der Waals surface area contributed by atoms with Crippen LogP contribution < -0.4 is 16.0 Å². The second kappa shape index (κ2) is 11.7. The summed E-state index contributed by atoms with van der Waals surface area (Å²) in [5, 5.41) is 9.78. The Morgan fingerprint density at radius 3 is 2.57 bits per heavy atom. The summed E-state index contributed by atoms with van der Waals surface area (Å²) < 4.78 is 0. The number of likely N-dealkylation sites (tertiary alicyclic amines) is 1. The molecule has 0 saturated carbocycles. The number of nitrogens with zero attached hydrogens (tertiary/aromatic N) is 2. The van der Waals surface area contributed by atoms with Crippen molar-refractivity contribution in [2.75, 3.05) is 32.7 Å². The van der Waals surface area contributed by atoms with Gasteiger partial charge in [-0.05, 0) is 37.8 Å². The summed E-state index contributed by atoms with van der Waals surface area (Å²) in [5.74, 6) is 0.938. The van der Waals surface area contributed by atoms with E-state index in [1.54, 1.807) is 0 Å². The number of nitrogens with one attached hydrogen (secondary N) is 3. The lowest BCUT2D eigenvalue weighted by molar-refractivity contribution is -0.123. The van der Waals surface area contributed by atoms with Gasteiger partial charge in [0.15, 0.2) is 5.96 Å². The molecule has 6 heteroatoms. The van der Waals surface area contributed by atoms with E-state index < -0.39 is 0 Å². The van der Waals surface area contributed by atoms with Crippen molar-refractivity contribution in [2.24, 2.45) is 10.9 Å². The van der Waals surface area contributed by atoms with E-state index in [-0.39, 0.29) is 11.8 Å². The van der Waals surface area contributed by atoms with E-state index in [1.165, 1.54) is 11.1 Å². The van der Waals surface area contributed by atoms with Gasteiger partial charge in [-0.3, -0.25) is 14.7 Å². The SMILES string of the molecule is CCNC(=NCCNC(=O)C(C)C)NC1CCN(Cc2ccccc2C)CC1. The van der Waals surface area contributed by atoms with Gasteiger partial charge < -0.3 is 16.0 Å². The quantitative estimate of drug-likeness (QED) is 0.364. The zero-order chi connectivity index (χ0) is 20.4. The van der Waals surface area contributed by atoms with Crippen molar-refractivity contribution in [3.63, 3.8) is 0 Å². The summed E-state index contributed by atoms with van der Waals surface area (Å²) in [6, 6.07) is 9.08. The number of benzene rings is 1. The molecule has 1 aromatic carbocycles. The maximum absolute atomic E-state index is 11.6. The minimum Gasteiger partial charge on any atom is -0.357 e. The lowest BCUT2D eigenvalue weighted by atomic mass is 10.0. The first-order valence-corrected chi connectivity index (χ1v) is 10.6. The van der Waals surface area contributed by atoms with E-state index in [9.17, 15) is 4.79 Å². The summed E-state index contributed by atoms with van der Waals surface area (Å²) in [6.07, 6.45) is 2.22. The van der Waals surface area contributed by atoms with Crippen LogP contribution in [-0.4, -0.2) is 55.5 Å². The second-order valence-electron chi connectivity index (χ2n) is 7.83. The first-order chi connectivity index (χ1) is 13.5. The van der Waals surface area contributed by atoms with Crippen LogP contribution in [0.2, 0.25) is 0 Å². The highest BCUT2D eigenvalue weighted by molar-refractivity contribution is 5.80. The number of carbonyl (C=O) groups is 1. The molecule has 0 radical (unpaired) electrons. The molecule has 28 heavy (non-hydrogen) atoms. The van der Waals surface area contributed by atoms with Crippen molar-refractivity contribution in [1.29, 1.82) is 0 Å². The first kappa shape index (κ1) is 22.2. The number of piperidine rings is 1. The number of rotatable bonds is 8. The maximum Gasteiger partial charge on any atom is 0.222 e. The van der Waals surface area contributed by atoms with E-state index in [4.69, 9.17) is 0 Å². The van der Waals surface area contributed by atoms with E-state index in [2.05, 4.69) is 64.0 Å². The van der Waals surface area contributed by atoms with Gasteiger partial charge in [0.05, 0.1) is 6.54 Å². The lowest BCUT2D eigenvalue weighted by Gasteiger charge is -2.33. The van der Waals surface area contributed by atoms with Crippen LogP contribution in [0.4, 0.5) is 0 Å². The third kappa shape index (κ3) is 7.50. The fraction of sp³-hybridized carbons (Fsp3) is 0.636. The molecule has 1 aliphatic rings. The van der Waals surface area contributed by atoms with Crippen LogP contribution in [0.3, 0.4) is 0 Å². The summed E-state index contributed by atoms with van der Waals surface area (Å²) in [7, 11) is 0. The molecule has 1 aromatic rings. The molecular formula is C22H37N5O. The molecule has 0 spiro atoms. The molecule has 1 heterocycles. The van der Waals surface area contributed by atoms with Crippen molar-refractivity contribution in [3.8, 4) is 0 Å². The minimum absolute atomic E-state index is 0.0141. The fourth-order valence-corrected chi connectivity index (χ4v) is 3.33. The van der Waals surface area contributed by atoms with Crippen LogP contribution >= 0.6 is 0 Å². The maximum atomic E-state index is 11.6. The predicted octanol–water partition coefficient (Wildman–Crippen LogP) is 2.29. The summed E-state index contributed by atoms with van der Waals surface area (Å²) >= 11 is 0. The van der Waals surface area contributed by atoms with Crippen molar-refractivity contribution in [3.05, 3.63) is 35.4 Å².